The molecule has 2 aliphatic heterocycles. The van der Waals surface area contributed by atoms with Crippen molar-refractivity contribution in [2.24, 2.45) is 0 Å². The minimum absolute atomic E-state index is 0.345. The van der Waals surface area contributed by atoms with Crippen LogP contribution in [0.4, 0.5) is 23.1 Å². The first-order chi connectivity index (χ1) is 17.8. The molecule has 4 aromatic rings. The fraction of sp³-hybridized carbons (Fsp3) is 0.393. The topological polar surface area (TPSA) is 82.9 Å². The summed E-state index contributed by atoms with van der Waals surface area (Å²) in [5, 5.41) is 10.5. The first-order valence-electron chi connectivity index (χ1n) is 13.2. The van der Waals surface area contributed by atoms with Crippen molar-refractivity contribution in [3.63, 3.8) is 0 Å². The third-order valence-electron chi connectivity index (χ3n) is 7.23. The van der Waals surface area contributed by atoms with Crippen molar-refractivity contribution in [1.82, 2.24) is 24.8 Å². The summed E-state index contributed by atoms with van der Waals surface area (Å²) in [4.78, 5) is 17.0. The monoisotopic (exact) mass is 482 g/mol. The van der Waals surface area contributed by atoms with E-state index in [1.165, 1.54) is 30.5 Å². The first kappa shape index (κ1) is 22.8. The summed E-state index contributed by atoms with van der Waals surface area (Å²) in [7, 11) is 0. The Morgan fingerprint density at radius 3 is 2.53 bits per heavy atom. The van der Waals surface area contributed by atoms with Crippen LogP contribution in [0.15, 0.2) is 60.9 Å². The van der Waals surface area contributed by atoms with Crippen molar-refractivity contribution in [2.45, 2.75) is 44.7 Å². The van der Waals surface area contributed by atoms with E-state index in [0.717, 1.165) is 61.7 Å². The van der Waals surface area contributed by atoms with Gasteiger partial charge in [-0.25, -0.2) is 4.98 Å². The standard InChI is InChI=1S/C28H34N8/c1-3-8-21(9-4-1)18-30-26-25-27(36(20-31-25)24-10-7-15-29-19-24)34-28(33-26)32-22-11-13-23(14-12-22)35-16-5-2-6-17-35/h1,3-4,8-9,11-14,20,24,29H,2,5-7,10,15-19H2,(H2,30,32,33,34). The predicted molar refractivity (Wildman–Crippen MR) is 146 cm³/mol. The lowest BCUT2D eigenvalue weighted by Gasteiger charge is -2.28. The zero-order valence-corrected chi connectivity index (χ0v) is 20.7. The minimum Gasteiger partial charge on any atom is -0.372 e. The number of nitrogens with zero attached hydrogens (tertiary/aromatic N) is 5. The molecule has 8 heteroatoms. The van der Waals surface area contributed by atoms with Crippen LogP contribution in [-0.4, -0.2) is 45.7 Å². The summed E-state index contributed by atoms with van der Waals surface area (Å²) < 4.78 is 2.21. The van der Waals surface area contributed by atoms with Crippen molar-refractivity contribution in [3.05, 3.63) is 66.5 Å². The molecule has 2 aromatic carbocycles. The molecule has 1 atom stereocenters. The van der Waals surface area contributed by atoms with E-state index in [2.05, 4.69) is 73.9 Å². The molecule has 0 radical (unpaired) electrons. The van der Waals surface area contributed by atoms with Crippen molar-refractivity contribution in [2.75, 3.05) is 41.7 Å². The van der Waals surface area contributed by atoms with E-state index in [1.54, 1.807) is 0 Å². The Kier molecular flexibility index (Phi) is 6.67. The zero-order chi connectivity index (χ0) is 24.2. The van der Waals surface area contributed by atoms with E-state index in [9.17, 15) is 0 Å². The van der Waals surface area contributed by atoms with Crippen LogP contribution in [0.3, 0.4) is 0 Å². The molecule has 3 N–H and O–H groups in total. The number of anilines is 4. The lowest BCUT2D eigenvalue weighted by atomic mass is 10.1. The third-order valence-corrected chi connectivity index (χ3v) is 7.23. The zero-order valence-electron chi connectivity index (χ0n) is 20.7. The van der Waals surface area contributed by atoms with E-state index in [0.29, 0.717) is 18.5 Å². The van der Waals surface area contributed by atoms with E-state index in [1.807, 2.05) is 12.4 Å². The van der Waals surface area contributed by atoms with E-state index in [-0.39, 0.29) is 0 Å². The van der Waals surface area contributed by atoms with Gasteiger partial charge in [0.2, 0.25) is 5.95 Å². The minimum atomic E-state index is 0.345. The highest BCUT2D eigenvalue weighted by Gasteiger charge is 2.21. The van der Waals surface area contributed by atoms with Crippen LogP contribution in [0, 0.1) is 0 Å². The van der Waals surface area contributed by atoms with E-state index in [4.69, 9.17) is 15.0 Å². The highest BCUT2D eigenvalue weighted by atomic mass is 15.2. The number of aromatic nitrogens is 4. The molecule has 2 saturated heterocycles. The number of imidazole rings is 1. The predicted octanol–water partition coefficient (Wildman–Crippen LogP) is 5.10. The van der Waals surface area contributed by atoms with E-state index < -0.39 is 0 Å². The van der Waals surface area contributed by atoms with Crippen molar-refractivity contribution in [3.8, 4) is 0 Å². The average molecular weight is 483 g/mol. The second-order valence-electron chi connectivity index (χ2n) is 9.78. The summed E-state index contributed by atoms with van der Waals surface area (Å²) in [6.45, 7) is 4.96. The van der Waals surface area contributed by atoms with Gasteiger partial charge in [-0.1, -0.05) is 30.3 Å². The maximum atomic E-state index is 4.93. The molecule has 0 bridgehead atoms. The van der Waals surface area contributed by atoms with Gasteiger partial charge < -0.3 is 25.4 Å². The molecule has 0 amide bonds. The number of hydrogen-bond donors (Lipinski definition) is 3. The number of nitrogens with one attached hydrogen (secondary N) is 3. The fourth-order valence-corrected chi connectivity index (χ4v) is 5.25. The molecule has 36 heavy (non-hydrogen) atoms. The Labute approximate surface area is 212 Å². The number of fused-ring (bicyclic) bond motifs is 1. The first-order valence-corrected chi connectivity index (χ1v) is 13.2. The van der Waals surface area contributed by atoms with Crippen LogP contribution in [-0.2, 0) is 6.54 Å². The molecule has 186 valence electrons. The lowest BCUT2D eigenvalue weighted by Crippen LogP contribution is -2.31. The van der Waals surface area contributed by atoms with Gasteiger partial charge in [0.05, 0.1) is 6.33 Å². The second-order valence-corrected chi connectivity index (χ2v) is 9.78. The molecular formula is C28H34N8. The SMILES string of the molecule is c1ccc(CNc2nc(Nc3ccc(N4CCCCC4)cc3)nc3c2ncn3C2CCCNC2)cc1. The molecule has 2 fully saturated rings. The Bertz CT molecular complexity index is 1270. The molecule has 2 aromatic heterocycles. The molecule has 1 unspecified atom stereocenters. The lowest BCUT2D eigenvalue weighted by molar-refractivity contribution is 0.376. The Morgan fingerprint density at radius 2 is 1.75 bits per heavy atom. The summed E-state index contributed by atoms with van der Waals surface area (Å²) in [6, 6.07) is 19.3. The molecule has 8 nitrogen and oxygen atoms in total. The van der Waals surface area contributed by atoms with Crippen LogP contribution < -0.4 is 20.9 Å². The number of hydrogen-bond acceptors (Lipinski definition) is 7. The molecule has 0 saturated carbocycles. The molecule has 4 heterocycles. The maximum absolute atomic E-state index is 4.93. The number of benzene rings is 2. The molecule has 2 aliphatic rings. The van der Waals surface area contributed by atoms with Gasteiger partial charge in [0, 0.05) is 43.6 Å². The van der Waals surface area contributed by atoms with Gasteiger partial charge in [0.25, 0.3) is 0 Å². The Morgan fingerprint density at radius 1 is 0.917 bits per heavy atom. The molecular weight excluding hydrogens is 448 g/mol. The van der Waals surface area contributed by atoms with Gasteiger partial charge in [0.1, 0.15) is 0 Å². The van der Waals surface area contributed by atoms with Crippen LogP contribution >= 0.6 is 0 Å². The van der Waals surface area contributed by atoms with Crippen molar-refractivity contribution in [1.29, 1.82) is 0 Å². The summed E-state index contributed by atoms with van der Waals surface area (Å²) >= 11 is 0. The summed E-state index contributed by atoms with van der Waals surface area (Å²) in [5.41, 5.74) is 5.13. The largest absolute Gasteiger partial charge is 0.372 e. The Balaban J connectivity index is 1.29. The van der Waals surface area contributed by atoms with Crippen molar-refractivity contribution >= 4 is 34.3 Å². The van der Waals surface area contributed by atoms with Gasteiger partial charge in [0.15, 0.2) is 17.0 Å². The smallest absolute Gasteiger partial charge is 0.231 e. The number of piperidine rings is 2. The van der Waals surface area contributed by atoms with Crippen LogP contribution in [0.1, 0.15) is 43.7 Å². The molecule has 6 rings (SSSR count). The van der Waals surface area contributed by atoms with Gasteiger partial charge in [-0.3, -0.25) is 0 Å². The van der Waals surface area contributed by atoms with Gasteiger partial charge in [-0.15, -0.1) is 0 Å². The van der Waals surface area contributed by atoms with E-state index >= 15 is 0 Å². The second kappa shape index (κ2) is 10.5. The van der Waals surface area contributed by atoms with Crippen molar-refractivity contribution < 1.29 is 0 Å². The normalized spacial score (nSPS) is 18.3. The molecule has 0 aliphatic carbocycles. The highest BCUT2D eigenvalue weighted by molar-refractivity contribution is 5.85. The Hall–Kier alpha value is -3.65. The third kappa shape index (κ3) is 4.99. The summed E-state index contributed by atoms with van der Waals surface area (Å²) in [5.74, 6) is 1.33. The average Bonchev–Trinajstić information content (AvgIpc) is 3.38. The highest BCUT2D eigenvalue weighted by Crippen LogP contribution is 2.28. The molecule has 0 spiro atoms. The van der Waals surface area contributed by atoms with Gasteiger partial charge >= 0.3 is 0 Å². The van der Waals surface area contributed by atoms with Crippen LogP contribution in [0.2, 0.25) is 0 Å². The quantitative estimate of drug-likeness (QED) is 0.338. The number of rotatable bonds is 7. The van der Waals surface area contributed by atoms with Crippen LogP contribution in [0.5, 0.6) is 0 Å². The maximum Gasteiger partial charge on any atom is 0.231 e. The summed E-state index contributed by atoms with van der Waals surface area (Å²) in [6.07, 6.45) is 8.08. The van der Waals surface area contributed by atoms with Gasteiger partial charge in [-0.05, 0) is 68.5 Å². The van der Waals surface area contributed by atoms with Crippen LogP contribution in [0.25, 0.3) is 11.2 Å². The fourth-order valence-electron chi connectivity index (χ4n) is 5.25. The van der Waals surface area contributed by atoms with Gasteiger partial charge in [-0.2, -0.15) is 9.97 Å².